The van der Waals surface area contributed by atoms with Crippen LogP contribution in [0.3, 0.4) is 0 Å². The molecule has 1 aliphatic rings. The van der Waals surface area contributed by atoms with Crippen LogP contribution in [0.5, 0.6) is 0 Å². The number of β-amino-alcohol motifs (C(OH)–C–C–N with tert-alkyl or cyclic N) is 1. The fourth-order valence-electron chi connectivity index (χ4n) is 2.28. The molecule has 0 aromatic rings. The van der Waals surface area contributed by atoms with Crippen molar-refractivity contribution in [3.05, 3.63) is 0 Å². The van der Waals surface area contributed by atoms with E-state index in [1.165, 1.54) is 4.90 Å². The molecule has 1 aliphatic heterocycles. The predicted molar refractivity (Wildman–Crippen MR) is 82.8 cm³/mol. The van der Waals surface area contributed by atoms with Crippen LogP contribution in [-0.4, -0.2) is 57.7 Å². The number of Topliss-reactive ketones (excluding diaryl/α,β-unsaturated/α-hetero) is 1. The molecule has 0 bridgehead atoms. The van der Waals surface area contributed by atoms with E-state index in [9.17, 15) is 19.5 Å². The van der Waals surface area contributed by atoms with Crippen molar-refractivity contribution in [1.82, 2.24) is 4.90 Å². The number of carbonyl (C=O) groups excluding carboxylic acids is 3. The van der Waals surface area contributed by atoms with Crippen LogP contribution in [0, 0.1) is 0 Å². The Balaban J connectivity index is 2.73. The normalized spacial score (nSPS) is 22.0. The lowest BCUT2D eigenvalue weighted by Crippen LogP contribution is -2.44. The van der Waals surface area contributed by atoms with Gasteiger partial charge in [0.2, 0.25) is 0 Å². The summed E-state index contributed by atoms with van der Waals surface area (Å²) in [5.74, 6) is -1.10. The van der Waals surface area contributed by atoms with Gasteiger partial charge >= 0.3 is 12.1 Å². The average Bonchev–Trinajstić information content (AvgIpc) is 2.66. The molecule has 1 rings (SSSR count). The number of ether oxygens (including phenoxy) is 2. The van der Waals surface area contributed by atoms with E-state index in [1.807, 2.05) is 0 Å². The molecule has 0 aromatic heterocycles. The fourth-order valence-corrected chi connectivity index (χ4v) is 2.28. The van der Waals surface area contributed by atoms with Gasteiger partial charge in [-0.2, -0.15) is 0 Å². The highest BCUT2D eigenvalue weighted by Gasteiger charge is 2.41. The SMILES string of the molecule is CC(C)(C)OC(=O)CC(=O)[C@H]1C[C@@H](O)CN1C(=O)OC(C)(C)C. The third kappa shape index (κ3) is 6.56. The Labute approximate surface area is 136 Å². The molecule has 7 heteroatoms. The highest BCUT2D eigenvalue weighted by molar-refractivity contribution is 6.00. The van der Waals surface area contributed by atoms with Gasteiger partial charge in [0.1, 0.15) is 17.6 Å². The highest BCUT2D eigenvalue weighted by Crippen LogP contribution is 2.23. The van der Waals surface area contributed by atoms with Crippen molar-refractivity contribution < 1.29 is 29.0 Å². The van der Waals surface area contributed by atoms with Crippen molar-refractivity contribution in [3.8, 4) is 0 Å². The number of aliphatic hydroxyl groups excluding tert-OH is 1. The lowest BCUT2D eigenvalue weighted by Gasteiger charge is -2.28. The Kier molecular flexibility index (Phi) is 5.79. The third-order valence-corrected chi connectivity index (χ3v) is 3.02. The summed E-state index contributed by atoms with van der Waals surface area (Å²) in [6, 6.07) is -0.868. The minimum atomic E-state index is -0.868. The number of likely N-dealkylation sites (tertiary alicyclic amines) is 1. The molecule has 1 heterocycles. The summed E-state index contributed by atoms with van der Waals surface area (Å²) in [6.45, 7) is 10.3. The van der Waals surface area contributed by atoms with Crippen LogP contribution in [0.15, 0.2) is 0 Å². The first-order valence-electron chi connectivity index (χ1n) is 7.71. The Bertz CT molecular complexity index is 474. The molecule has 7 nitrogen and oxygen atoms in total. The topological polar surface area (TPSA) is 93.1 Å². The van der Waals surface area contributed by atoms with Crippen LogP contribution in [0.4, 0.5) is 4.79 Å². The summed E-state index contributed by atoms with van der Waals surface area (Å²) in [6.07, 6.45) is -1.82. The van der Waals surface area contributed by atoms with E-state index in [2.05, 4.69) is 0 Å². The lowest BCUT2D eigenvalue weighted by molar-refractivity contribution is -0.156. The molecule has 1 N–H and O–H groups in total. The smallest absolute Gasteiger partial charge is 0.410 e. The maximum absolute atomic E-state index is 12.3. The van der Waals surface area contributed by atoms with Crippen molar-refractivity contribution in [1.29, 1.82) is 0 Å². The van der Waals surface area contributed by atoms with Crippen molar-refractivity contribution in [3.63, 3.8) is 0 Å². The monoisotopic (exact) mass is 329 g/mol. The number of rotatable bonds is 3. The number of ketones is 1. The molecule has 132 valence electrons. The summed E-state index contributed by atoms with van der Waals surface area (Å²) < 4.78 is 10.4. The molecule has 23 heavy (non-hydrogen) atoms. The second-order valence-corrected chi connectivity index (χ2v) is 7.77. The zero-order chi connectivity index (χ0) is 18.0. The molecular weight excluding hydrogens is 302 g/mol. The third-order valence-electron chi connectivity index (χ3n) is 3.02. The summed E-state index contributed by atoms with van der Waals surface area (Å²) in [7, 11) is 0. The highest BCUT2D eigenvalue weighted by atomic mass is 16.6. The van der Waals surface area contributed by atoms with Gasteiger partial charge in [-0.15, -0.1) is 0 Å². The number of esters is 1. The van der Waals surface area contributed by atoms with Crippen molar-refractivity contribution in [2.24, 2.45) is 0 Å². The molecule has 0 unspecified atom stereocenters. The van der Waals surface area contributed by atoms with Gasteiger partial charge in [-0.3, -0.25) is 14.5 Å². The largest absolute Gasteiger partial charge is 0.460 e. The van der Waals surface area contributed by atoms with Gasteiger partial charge in [0.15, 0.2) is 5.78 Å². The molecule has 1 amide bonds. The van der Waals surface area contributed by atoms with Gasteiger partial charge in [-0.05, 0) is 41.5 Å². The Morgan fingerprint density at radius 3 is 2.04 bits per heavy atom. The minimum absolute atomic E-state index is 0.0135. The summed E-state index contributed by atoms with van der Waals surface area (Å²) in [5.41, 5.74) is -1.39. The van der Waals surface area contributed by atoms with Crippen LogP contribution in [-0.2, 0) is 19.1 Å². The number of nitrogens with zero attached hydrogens (tertiary/aromatic N) is 1. The van der Waals surface area contributed by atoms with Crippen LogP contribution < -0.4 is 0 Å². The van der Waals surface area contributed by atoms with E-state index >= 15 is 0 Å². The van der Waals surface area contributed by atoms with Gasteiger partial charge in [0, 0.05) is 6.42 Å². The van der Waals surface area contributed by atoms with Crippen LogP contribution in [0.1, 0.15) is 54.4 Å². The van der Waals surface area contributed by atoms with Crippen molar-refractivity contribution in [2.75, 3.05) is 6.54 Å². The summed E-state index contributed by atoms with van der Waals surface area (Å²) in [5, 5.41) is 9.77. The summed E-state index contributed by atoms with van der Waals surface area (Å²) >= 11 is 0. The zero-order valence-corrected chi connectivity index (χ0v) is 14.7. The number of hydrogen-bond donors (Lipinski definition) is 1. The maximum Gasteiger partial charge on any atom is 0.410 e. The van der Waals surface area contributed by atoms with Gasteiger partial charge in [0.05, 0.1) is 18.7 Å². The Hall–Kier alpha value is -1.63. The van der Waals surface area contributed by atoms with E-state index in [1.54, 1.807) is 41.5 Å². The minimum Gasteiger partial charge on any atom is -0.460 e. The summed E-state index contributed by atoms with van der Waals surface area (Å²) in [4.78, 5) is 37.4. The van der Waals surface area contributed by atoms with Gasteiger partial charge in [-0.25, -0.2) is 4.79 Å². The number of amides is 1. The molecule has 0 aromatic carbocycles. The van der Waals surface area contributed by atoms with Crippen molar-refractivity contribution in [2.45, 2.75) is 77.7 Å². The first-order valence-corrected chi connectivity index (χ1v) is 7.71. The fraction of sp³-hybridized carbons (Fsp3) is 0.812. The van der Waals surface area contributed by atoms with Gasteiger partial charge in [-0.1, -0.05) is 0 Å². The molecule has 0 spiro atoms. The van der Waals surface area contributed by atoms with Crippen LogP contribution in [0.2, 0.25) is 0 Å². The predicted octanol–water partition coefficient (Wildman–Crippen LogP) is 1.66. The van der Waals surface area contributed by atoms with Crippen LogP contribution in [0.25, 0.3) is 0 Å². The molecule has 0 radical (unpaired) electrons. The van der Waals surface area contributed by atoms with E-state index in [-0.39, 0.29) is 13.0 Å². The molecule has 2 atom stereocenters. The molecule has 1 fully saturated rings. The van der Waals surface area contributed by atoms with Crippen molar-refractivity contribution >= 4 is 17.8 Å². The average molecular weight is 329 g/mol. The van der Waals surface area contributed by atoms with Gasteiger partial charge in [0.25, 0.3) is 0 Å². The van der Waals surface area contributed by atoms with E-state index in [0.29, 0.717) is 0 Å². The maximum atomic E-state index is 12.3. The zero-order valence-electron chi connectivity index (χ0n) is 14.7. The number of carbonyl (C=O) groups is 3. The quantitative estimate of drug-likeness (QED) is 0.625. The van der Waals surface area contributed by atoms with Gasteiger partial charge < -0.3 is 14.6 Å². The second kappa shape index (κ2) is 6.86. The second-order valence-electron chi connectivity index (χ2n) is 7.77. The number of hydrogen-bond acceptors (Lipinski definition) is 6. The standard InChI is InChI=1S/C16H27NO6/c1-15(2,3)22-13(20)8-12(19)11-7-10(18)9-17(11)14(21)23-16(4,5)6/h10-11,18H,7-9H2,1-6H3/t10-,11-/m1/s1. The Morgan fingerprint density at radius 1 is 1.04 bits per heavy atom. The first kappa shape index (κ1) is 19.4. The Morgan fingerprint density at radius 2 is 1.57 bits per heavy atom. The van der Waals surface area contributed by atoms with E-state index in [0.717, 1.165) is 0 Å². The molecule has 1 saturated heterocycles. The molecule has 0 saturated carbocycles. The number of aliphatic hydroxyl groups is 1. The van der Waals surface area contributed by atoms with E-state index in [4.69, 9.17) is 9.47 Å². The lowest BCUT2D eigenvalue weighted by atomic mass is 10.1. The molecule has 0 aliphatic carbocycles. The van der Waals surface area contributed by atoms with Crippen LogP contribution >= 0.6 is 0 Å². The first-order chi connectivity index (χ1) is 10.3. The molecular formula is C16H27NO6. The van der Waals surface area contributed by atoms with E-state index < -0.39 is 47.6 Å².